The number of hydrogen-bond donors (Lipinski definition) is 0. The zero-order valence-corrected chi connectivity index (χ0v) is 9.82. The predicted molar refractivity (Wildman–Crippen MR) is 56.5 cm³/mol. The molecule has 0 spiro atoms. The van der Waals surface area contributed by atoms with Gasteiger partial charge in [0.2, 0.25) is 9.76 Å². The summed E-state index contributed by atoms with van der Waals surface area (Å²) >= 11 is 0. The third-order valence-corrected chi connectivity index (χ3v) is 2.42. The minimum Gasteiger partial charge on any atom is -0.288 e. The van der Waals surface area contributed by atoms with Crippen LogP contribution in [0.3, 0.4) is 0 Å². The van der Waals surface area contributed by atoms with E-state index in [1.165, 1.54) is 5.19 Å². The Balaban J connectivity index is 2.29. The molecule has 0 unspecified atom stereocenters. The van der Waals surface area contributed by atoms with Gasteiger partial charge in [0.15, 0.2) is 0 Å². The Morgan fingerprint density at radius 2 is 1.69 bits per heavy atom. The van der Waals surface area contributed by atoms with E-state index in [4.69, 9.17) is 9.46 Å². The first-order chi connectivity index (χ1) is 6.08. The molecule has 0 aliphatic rings. The topological polar surface area (TPSA) is 18.5 Å². The summed E-state index contributed by atoms with van der Waals surface area (Å²) in [5.41, 5.74) is -0.207. The van der Waals surface area contributed by atoms with Gasteiger partial charge >= 0.3 is 0 Å². The van der Waals surface area contributed by atoms with Crippen LogP contribution in [0.1, 0.15) is 20.8 Å². The molecule has 0 aliphatic heterocycles. The smallest absolute Gasteiger partial charge is 0.239 e. The molecule has 0 atom stereocenters. The van der Waals surface area contributed by atoms with Crippen LogP contribution in [0.25, 0.3) is 0 Å². The van der Waals surface area contributed by atoms with Crippen molar-refractivity contribution in [3.05, 3.63) is 30.3 Å². The SMILES string of the molecule is CC(C)(C)OO[SiH2]c1ccccc1. The summed E-state index contributed by atoms with van der Waals surface area (Å²) < 4.78 is 5.22. The highest BCUT2D eigenvalue weighted by Crippen LogP contribution is 2.05. The maximum absolute atomic E-state index is 5.22. The van der Waals surface area contributed by atoms with Crippen LogP contribution in [0.5, 0.6) is 0 Å². The van der Waals surface area contributed by atoms with Crippen molar-refractivity contribution in [1.82, 2.24) is 0 Å². The summed E-state index contributed by atoms with van der Waals surface area (Å²) in [6.45, 7) is 5.94. The van der Waals surface area contributed by atoms with Crippen molar-refractivity contribution < 1.29 is 9.46 Å². The van der Waals surface area contributed by atoms with Crippen molar-refractivity contribution in [1.29, 1.82) is 0 Å². The standard InChI is InChI=1S/C10H16O2Si/c1-10(2,3)11-12-13-9-7-5-4-6-8-9/h4-8H,13H2,1-3H3. The predicted octanol–water partition coefficient (Wildman–Crippen LogP) is 1.14. The fourth-order valence-electron chi connectivity index (χ4n) is 0.849. The van der Waals surface area contributed by atoms with E-state index in [-0.39, 0.29) is 5.60 Å². The van der Waals surface area contributed by atoms with Gasteiger partial charge in [0.05, 0.1) is 5.60 Å². The number of rotatable bonds is 3. The lowest BCUT2D eigenvalue weighted by Crippen LogP contribution is -2.25. The lowest BCUT2D eigenvalue weighted by atomic mass is 10.2. The van der Waals surface area contributed by atoms with Crippen LogP contribution < -0.4 is 5.19 Å². The van der Waals surface area contributed by atoms with Gasteiger partial charge in [0.1, 0.15) is 0 Å². The summed E-state index contributed by atoms with van der Waals surface area (Å²) in [4.78, 5) is 5.19. The molecule has 0 bridgehead atoms. The zero-order chi connectivity index (χ0) is 9.73. The van der Waals surface area contributed by atoms with Crippen LogP contribution in [0.15, 0.2) is 30.3 Å². The lowest BCUT2D eigenvalue weighted by molar-refractivity contribution is -0.275. The molecule has 2 nitrogen and oxygen atoms in total. The average Bonchev–Trinajstić information content (AvgIpc) is 2.04. The van der Waals surface area contributed by atoms with E-state index in [1.54, 1.807) is 0 Å². The Labute approximate surface area is 81.7 Å². The first-order valence-electron chi connectivity index (χ1n) is 4.42. The Bertz CT molecular complexity index is 241. The summed E-state index contributed by atoms with van der Waals surface area (Å²) in [6.07, 6.45) is 0. The average molecular weight is 196 g/mol. The molecule has 0 fully saturated rings. The number of benzene rings is 1. The van der Waals surface area contributed by atoms with Gasteiger partial charge in [0.25, 0.3) is 0 Å². The molecule has 1 aromatic rings. The first kappa shape index (κ1) is 10.4. The molecule has 0 amide bonds. The lowest BCUT2D eigenvalue weighted by Gasteiger charge is -2.17. The quantitative estimate of drug-likeness (QED) is 0.410. The van der Waals surface area contributed by atoms with Crippen molar-refractivity contribution in [2.75, 3.05) is 0 Å². The van der Waals surface area contributed by atoms with Crippen LogP contribution in [-0.2, 0) is 9.46 Å². The molecule has 13 heavy (non-hydrogen) atoms. The number of hydrogen-bond acceptors (Lipinski definition) is 2. The Kier molecular flexibility index (Phi) is 3.66. The maximum atomic E-state index is 5.22. The third kappa shape index (κ3) is 4.82. The molecule has 0 N–H and O–H groups in total. The van der Waals surface area contributed by atoms with Crippen molar-refractivity contribution in [2.24, 2.45) is 0 Å². The van der Waals surface area contributed by atoms with Crippen LogP contribution in [0.2, 0.25) is 0 Å². The van der Waals surface area contributed by atoms with Gasteiger partial charge in [-0.05, 0) is 26.0 Å². The van der Waals surface area contributed by atoms with E-state index in [1.807, 2.05) is 39.0 Å². The zero-order valence-electron chi connectivity index (χ0n) is 8.41. The van der Waals surface area contributed by atoms with Gasteiger partial charge in [-0.3, -0.25) is 4.58 Å². The van der Waals surface area contributed by atoms with E-state index < -0.39 is 9.76 Å². The molecule has 72 valence electrons. The van der Waals surface area contributed by atoms with Gasteiger partial charge < -0.3 is 0 Å². The molecule has 0 saturated heterocycles. The highest BCUT2D eigenvalue weighted by Gasteiger charge is 2.10. The minimum atomic E-state index is -0.713. The second-order valence-electron chi connectivity index (χ2n) is 3.94. The molecule has 0 heterocycles. The molecule has 1 aromatic carbocycles. The van der Waals surface area contributed by atoms with Crippen LogP contribution in [0.4, 0.5) is 0 Å². The molecule has 3 heteroatoms. The summed E-state index contributed by atoms with van der Waals surface area (Å²) in [6, 6.07) is 10.2. The van der Waals surface area contributed by atoms with Crippen molar-refractivity contribution >= 4 is 14.9 Å². The van der Waals surface area contributed by atoms with Crippen LogP contribution in [-0.4, -0.2) is 15.4 Å². The van der Waals surface area contributed by atoms with Crippen molar-refractivity contribution in [2.45, 2.75) is 26.4 Å². The first-order valence-corrected chi connectivity index (χ1v) is 5.71. The van der Waals surface area contributed by atoms with Gasteiger partial charge in [-0.25, -0.2) is 4.89 Å². The highest BCUT2D eigenvalue weighted by atomic mass is 28.2. The van der Waals surface area contributed by atoms with Gasteiger partial charge in [0, 0.05) is 0 Å². The van der Waals surface area contributed by atoms with E-state index in [0.29, 0.717) is 0 Å². The van der Waals surface area contributed by atoms with E-state index in [2.05, 4.69) is 12.1 Å². The Morgan fingerprint density at radius 1 is 1.08 bits per heavy atom. The minimum absolute atomic E-state index is 0.207. The monoisotopic (exact) mass is 196 g/mol. The van der Waals surface area contributed by atoms with Gasteiger partial charge in [-0.1, -0.05) is 30.3 Å². The van der Waals surface area contributed by atoms with Crippen molar-refractivity contribution in [3.8, 4) is 0 Å². The third-order valence-electron chi connectivity index (χ3n) is 1.38. The van der Waals surface area contributed by atoms with Crippen LogP contribution in [0, 0.1) is 0 Å². The molecule has 1 rings (SSSR count). The maximum Gasteiger partial charge on any atom is 0.239 e. The Hall–Kier alpha value is -0.643. The molecular weight excluding hydrogens is 180 g/mol. The summed E-state index contributed by atoms with van der Waals surface area (Å²) in [5.74, 6) is 0. The highest BCUT2D eigenvalue weighted by molar-refractivity contribution is 6.46. The molecule has 0 radical (unpaired) electrons. The van der Waals surface area contributed by atoms with E-state index in [0.717, 1.165) is 0 Å². The molecular formula is C10H16O2Si. The van der Waals surface area contributed by atoms with E-state index in [9.17, 15) is 0 Å². The Morgan fingerprint density at radius 3 is 2.23 bits per heavy atom. The normalized spacial score (nSPS) is 12.5. The second kappa shape index (κ2) is 4.55. The summed E-state index contributed by atoms with van der Waals surface area (Å²) in [7, 11) is -0.713. The van der Waals surface area contributed by atoms with E-state index >= 15 is 0 Å². The van der Waals surface area contributed by atoms with Gasteiger partial charge in [-0.15, -0.1) is 0 Å². The fourth-order valence-corrected chi connectivity index (χ4v) is 1.86. The van der Waals surface area contributed by atoms with Crippen molar-refractivity contribution in [3.63, 3.8) is 0 Å². The molecule has 0 aromatic heterocycles. The summed E-state index contributed by atoms with van der Waals surface area (Å²) in [5, 5.41) is 1.26. The second-order valence-corrected chi connectivity index (χ2v) is 5.28. The fraction of sp³-hybridized carbons (Fsp3) is 0.400. The van der Waals surface area contributed by atoms with Gasteiger partial charge in [-0.2, -0.15) is 0 Å². The van der Waals surface area contributed by atoms with Crippen LogP contribution >= 0.6 is 0 Å². The molecule has 0 saturated carbocycles. The molecule has 0 aliphatic carbocycles. The largest absolute Gasteiger partial charge is 0.288 e.